The molecule has 1 aliphatic heterocycles. The number of thioether (sulfide) groups is 1. The summed E-state index contributed by atoms with van der Waals surface area (Å²) < 4.78 is 0.209. The van der Waals surface area contributed by atoms with E-state index in [9.17, 15) is 5.11 Å². The van der Waals surface area contributed by atoms with E-state index in [0.717, 1.165) is 13.5 Å². The van der Waals surface area contributed by atoms with Gasteiger partial charge in [0.05, 0.1) is 0 Å². The molecule has 118 valence electrons. The fourth-order valence-electron chi connectivity index (χ4n) is 3.38. The molecule has 0 saturated heterocycles. The maximum absolute atomic E-state index is 9.53. The summed E-state index contributed by atoms with van der Waals surface area (Å²) in [5, 5.41) is 16.5. The Hall–Kier alpha value is -1.45. The maximum atomic E-state index is 9.53. The Bertz CT molecular complexity index is 634. The van der Waals surface area contributed by atoms with Crippen LogP contribution in [0.5, 0.6) is 5.75 Å². The molecule has 1 aliphatic rings. The van der Waals surface area contributed by atoms with Crippen LogP contribution < -0.4 is 0 Å². The smallest absolute Gasteiger partial charge is 0.115 e. The molecular formula is C19H24O2S. The van der Waals surface area contributed by atoms with Crippen molar-refractivity contribution < 1.29 is 10.2 Å². The van der Waals surface area contributed by atoms with Gasteiger partial charge in [-0.05, 0) is 35.7 Å². The molecule has 1 unspecified atom stereocenters. The van der Waals surface area contributed by atoms with Crippen molar-refractivity contribution in [3.05, 3.63) is 59.7 Å². The normalized spacial score (nSPS) is 22.2. The minimum atomic E-state index is -0.000949. The molecule has 0 saturated carbocycles. The summed E-state index contributed by atoms with van der Waals surface area (Å²) in [5.74, 6) is 0.329. The number of phenolic OH excluding ortho intramolecular Hbond substituents is 1. The Kier molecular flexibility index (Phi) is 4.88. The Morgan fingerprint density at radius 1 is 0.909 bits per heavy atom. The quantitative estimate of drug-likeness (QED) is 0.809. The van der Waals surface area contributed by atoms with E-state index in [-0.39, 0.29) is 10.2 Å². The molecule has 2 N–H and O–H groups in total. The molecule has 3 rings (SSSR count). The maximum Gasteiger partial charge on any atom is 0.115 e. The number of aliphatic hydroxyl groups excluding tert-OH is 1. The zero-order valence-electron chi connectivity index (χ0n) is 13.6. The first-order valence-electron chi connectivity index (χ1n) is 7.43. The molecule has 1 atom stereocenters. The van der Waals surface area contributed by atoms with Gasteiger partial charge in [-0.15, -0.1) is 11.8 Å². The first-order chi connectivity index (χ1) is 10.4. The van der Waals surface area contributed by atoms with Gasteiger partial charge in [0.2, 0.25) is 0 Å². The number of phenols is 1. The van der Waals surface area contributed by atoms with E-state index in [1.165, 1.54) is 16.0 Å². The van der Waals surface area contributed by atoms with Gasteiger partial charge >= 0.3 is 0 Å². The van der Waals surface area contributed by atoms with Gasteiger partial charge in [-0.25, -0.2) is 0 Å². The third-order valence-electron chi connectivity index (χ3n) is 4.15. The van der Waals surface area contributed by atoms with Gasteiger partial charge in [0.1, 0.15) is 5.75 Å². The van der Waals surface area contributed by atoms with Crippen LogP contribution in [0.1, 0.15) is 38.3 Å². The van der Waals surface area contributed by atoms with Gasteiger partial charge in [-0.1, -0.05) is 51.1 Å². The Balaban J connectivity index is 0.000000847. The van der Waals surface area contributed by atoms with Crippen LogP contribution in [-0.4, -0.2) is 22.1 Å². The molecule has 22 heavy (non-hydrogen) atoms. The lowest BCUT2D eigenvalue weighted by molar-refractivity contribution is 0.399. The van der Waals surface area contributed by atoms with Gasteiger partial charge in [-0.3, -0.25) is 0 Å². The molecular weight excluding hydrogens is 292 g/mol. The van der Waals surface area contributed by atoms with Crippen molar-refractivity contribution >= 4 is 11.8 Å². The number of aromatic hydroxyl groups is 1. The summed E-state index contributed by atoms with van der Waals surface area (Å²) in [6, 6.07) is 16.4. The van der Waals surface area contributed by atoms with Crippen molar-refractivity contribution in [1.29, 1.82) is 0 Å². The summed E-state index contributed by atoms with van der Waals surface area (Å²) in [4.78, 5) is 1.37. The van der Waals surface area contributed by atoms with Crippen LogP contribution in [-0.2, 0) is 5.41 Å². The molecule has 0 fully saturated rings. The predicted molar refractivity (Wildman–Crippen MR) is 93.7 cm³/mol. The fourth-order valence-corrected chi connectivity index (χ4v) is 4.88. The van der Waals surface area contributed by atoms with Crippen LogP contribution in [0.3, 0.4) is 0 Å². The average Bonchev–Trinajstić information content (AvgIpc) is 2.48. The number of benzene rings is 2. The molecule has 0 radical (unpaired) electrons. The fraction of sp³-hybridized carbons (Fsp3) is 0.368. The summed E-state index contributed by atoms with van der Waals surface area (Å²) in [6.07, 6.45) is 1.09. The van der Waals surface area contributed by atoms with Crippen molar-refractivity contribution in [1.82, 2.24) is 0 Å². The summed E-state index contributed by atoms with van der Waals surface area (Å²) in [6.45, 7) is 6.94. The van der Waals surface area contributed by atoms with Gasteiger partial charge < -0.3 is 10.2 Å². The molecule has 1 heterocycles. The van der Waals surface area contributed by atoms with E-state index in [1.54, 1.807) is 12.1 Å². The number of rotatable bonds is 1. The second kappa shape index (κ2) is 6.35. The Morgan fingerprint density at radius 3 is 2.14 bits per heavy atom. The van der Waals surface area contributed by atoms with Gasteiger partial charge in [0, 0.05) is 22.2 Å². The van der Waals surface area contributed by atoms with Gasteiger partial charge in [0.15, 0.2) is 0 Å². The molecule has 3 heteroatoms. The van der Waals surface area contributed by atoms with Crippen LogP contribution in [0.15, 0.2) is 53.4 Å². The number of hydrogen-bond acceptors (Lipinski definition) is 3. The summed E-state index contributed by atoms with van der Waals surface area (Å²) in [7, 11) is 1.00. The van der Waals surface area contributed by atoms with E-state index in [2.05, 4.69) is 57.2 Å². The molecule has 0 aliphatic carbocycles. The summed E-state index contributed by atoms with van der Waals surface area (Å²) in [5.41, 5.74) is 2.67. The molecule has 0 aromatic heterocycles. The number of hydrogen-bond donors (Lipinski definition) is 2. The number of aliphatic hydroxyl groups is 1. The number of fused-ring (bicyclic) bond motifs is 1. The summed E-state index contributed by atoms with van der Waals surface area (Å²) >= 11 is 1.96. The molecule has 2 aromatic carbocycles. The van der Waals surface area contributed by atoms with E-state index in [4.69, 9.17) is 5.11 Å². The monoisotopic (exact) mass is 316 g/mol. The van der Waals surface area contributed by atoms with E-state index in [1.807, 2.05) is 11.8 Å². The van der Waals surface area contributed by atoms with Crippen molar-refractivity contribution in [2.24, 2.45) is 0 Å². The highest BCUT2D eigenvalue weighted by molar-refractivity contribution is 8.00. The molecule has 2 aromatic rings. The van der Waals surface area contributed by atoms with E-state index < -0.39 is 0 Å². The van der Waals surface area contributed by atoms with Crippen LogP contribution in [0.2, 0.25) is 0 Å². The zero-order chi connectivity index (χ0) is 16.4. The lowest BCUT2D eigenvalue weighted by atomic mass is 9.70. The van der Waals surface area contributed by atoms with Gasteiger partial charge in [-0.2, -0.15) is 0 Å². The lowest BCUT2D eigenvalue weighted by Crippen LogP contribution is -2.36. The highest BCUT2D eigenvalue weighted by atomic mass is 32.2. The SMILES string of the molecule is CC1(C)CC(C)(c2ccc(O)cc2)c2ccccc2S1.CO. The predicted octanol–water partition coefficient (Wildman–Crippen LogP) is 4.58. The second-order valence-corrected chi connectivity index (χ2v) is 8.16. The van der Waals surface area contributed by atoms with Gasteiger partial charge in [0.25, 0.3) is 0 Å². The first-order valence-corrected chi connectivity index (χ1v) is 8.25. The van der Waals surface area contributed by atoms with Crippen molar-refractivity contribution in [3.63, 3.8) is 0 Å². The van der Waals surface area contributed by atoms with Crippen molar-refractivity contribution in [2.75, 3.05) is 7.11 Å². The lowest BCUT2D eigenvalue weighted by Gasteiger charge is -2.44. The highest BCUT2D eigenvalue weighted by Crippen LogP contribution is 2.53. The minimum Gasteiger partial charge on any atom is -0.508 e. The zero-order valence-corrected chi connectivity index (χ0v) is 14.4. The van der Waals surface area contributed by atoms with E-state index >= 15 is 0 Å². The first kappa shape index (κ1) is 16.9. The molecule has 2 nitrogen and oxygen atoms in total. The molecule has 0 amide bonds. The average molecular weight is 316 g/mol. The third-order valence-corrected chi connectivity index (χ3v) is 5.42. The highest BCUT2D eigenvalue weighted by Gasteiger charge is 2.41. The van der Waals surface area contributed by atoms with E-state index in [0.29, 0.717) is 5.75 Å². The minimum absolute atomic E-state index is 0.000949. The van der Waals surface area contributed by atoms with Crippen LogP contribution in [0.25, 0.3) is 0 Å². The van der Waals surface area contributed by atoms with Crippen molar-refractivity contribution in [2.45, 2.75) is 42.2 Å². The second-order valence-electron chi connectivity index (χ2n) is 6.41. The standard InChI is InChI=1S/C18H20OS.CH4O/c1-17(2)12-18(3,13-8-10-14(19)11-9-13)15-6-4-5-7-16(15)20-17;1-2/h4-11,19H,12H2,1-3H3;2H,1H3. The van der Waals surface area contributed by atoms with Crippen LogP contribution in [0.4, 0.5) is 0 Å². The Labute approximate surface area is 137 Å². The topological polar surface area (TPSA) is 40.5 Å². The largest absolute Gasteiger partial charge is 0.508 e. The van der Waals surface area contributed by atoms with Crippen molar-refractivity contribution in [3.8, 4) is 5.75 Å². The Morgan fingerprint density at radius 2 is 1.50 bits per heavy atom. The molecule has 0 bridgehead atoms. The van der Waals surface area contributed by atoms with Crippen LogP contribution in [0, 0.1) is 0 Å². The molecule has 0 spiro atoms. The van der Waals surface area contributed by atoms with Crippen LogP contribution >= 0.6 is 11.8 Å². The third kappa shape index (κ3) is 3.16.